The van der Waals surface area contributed by atoms with Crippen LogP contribution in [0.25, 0.3) is 0 Å². The van der Waals surface area contributed by atoms with Crippen LogP contribution in [0.3, 0.4) is 0 Å². The van der Waals surface area contributed by atoms with Crippen molar-refractivity contribution in [3.05, 3.63) is 0 Å². The van der Waals surface area contributed by atoms with Crippen LogP contribution in [-0.4, -0.2) is 44.2 Å². The first-order chi connectivity index (χ1) is 6.83. The Morgan fingerprint density at radius 2 is 2.14 bits per heavy atom. The molecule has 1 saturated heterocycles. The number of hydrogen-bond donors (Lipinski definition) is 1. The second kappa shape index (κ2) is 6.99. The number of thioether (sulfide) groups is 1. The zero-order chi connectivity index (χ0) is 10.3. The molecule has 0 radical (unpaired) electrons. The molecule has 0 aromatic carbocycles. The molecule has 0 bridgehead atoms. The number of ether oxygens (including phenoxy) is 2. The van der Waals surface area contributed by atoms with E-state index >= 15 is 0 Å². The summed E-state index contributed by atoms with van der Waals surface area (Å²) >= 11 is 6.45. The summed E-state index contributed by atoms with van der Waals surface area (Å²) in [7, 11) is 1.75. The smallest absolute Gasteiger partial charge is 0.0552 e. The molecular formula is C10H20O2S2. The van der Waals surface area contributed by atoms with E-state index in [2.05, 4.69) is 12.6 Å². The minimum atomic E-state index is 0.416. The third-order valence-electron chi connectivity index (χ3n) is 2.73. The van der Waals surface area contributed by atoms with Crippen LogP contribution in [-0.2, 0) is 9.47 Å². The molecule has 0 aromatic rings. The molecule has 0 atom stereocenters. The van der Waals surface area contributed by atoms with E-state index in [4.69, 9.17) is 9.47 Å². The first-order valence-electron chi connectivity index (χ1n) is 5.08. The highest BCUT2D eigenvalue weighted by Gasteiger charge is 2.30. The molecule has 0 unspecified atom stereocenters. The van der Waals surface area contributed by atoms with Gasteiger partial charge in [0.15, 0.2) is 0 Å². The molecule has 1 fully saturated rings. The van der Waals surface area contributed by atoms with Gasteiger partial charge < -0.3 is 9.47 Å². The van der Waals surface area contributed by atoms with Crippen LogP contribution >= 0.6 is 24.4 Å². The number of hydrogen-bond acceptors (Lipinski definition) is 4. The van der Waals surface area contributed by atoms with Crippen LogP contribution in [0.2, 0.25) is 0 Å². The fraction of sp³-hybridized carbons (Fsp3) is 1.00. The van der Waals surface area contributed by atoms with Gasteiger partial charge in [-0.25, -0.2) is 0 Å². The summed E-state index contributed by atoms with van der Waals surface area (Å²) in [5.41, 5.74) is 0.416. The zero-order valence-corrected chi connectivity index (χ0v) is 10.5. The fourth-order valence-electron chi connectivity index (χ4n) is 1.58. The topological polar surface area (TPSA) is 18.5 Å². The van der Waals surface area contributed by atoms with E-state index in [1.807, 2.05) is 11.8 Å². The fourth-order valence-corrected chi connectivity index (χ4v) is 3.42. The first-order valence-corrected chi connectivity index (χ1v) is 6.87. The van der Waals surface area contributed by atoms with E-state index in [0.29, 0.717) is 5.41 Å². The van der Waals surface area contributed by atoms with Gasteiger partial charge in [0, 0.05) is 26.1 Å². The van der Waals surface area contributed by atoms with Crippen molar-refractivity contribution in [2.24, 2.45) is 5.41 Å². The van der Waals surface area contributed by atoms with E-state index < -0.39 is 0 Å². The average Bonchev–Trinajstić information content (AvgIpc) is 2.26. The predicted octanol–water partition coefficient (Wildman–Crippen LogP) is 2.09. The largest absolute Gasteiger partial charge is 0.384 e. The summed E-state index contributed by atoms with van der Waals surface area (Å²) in [6.45, 7) is 2.67. The van der Waals surface area contributed by atoms with Crippen molar-refractivity contribution in [2.75, 3.05) is 44.2 Å². The molecule has 0 aromatic heterocycles. The van der Waals surface area contributed by atoms with Gasteiger partial charge in [-0.2, -0.15) is 24.4 Å². The Morgan fingerprint density at radius 1 is 1.43 bits per heavy atom. The van der Waals surface area contributed by atoms with Crippen molar-refractivity contribution in [1.29, 1.82) is 0 Å². The minimum absolute atomic E-state index is 0.416. The lowest BCUT2D eigenvalue weighted by molar-refractivity contribution is 0.0371. The maximum absolute atomic E-state index is 5.39. The highest BCUT2D eigenvalue weighted by molar-refractivity contribution is 7.99. The van der Waals surface area contributed by atoms with Crippen molar-refractivity contribution in [3.63, 3.8) is 0 Å². The van der Waals surface area contributed by atoms with Gasteiger partial charge in [0.05, 0.1) is 6.61 Å². The molecule has 84 valence electrons. The lowest BCUT2D eigenvalue weighted by Gasteiger charge is -2.35. The summed E-state index contributed by atoms with van der Waals surface area (Å²) in [4.78, 5) is 0. The molecule has 0 amide bonds. The molecule has 1 heterocycles. The first kappa shape index (κ1) is 12.7. The summed E-state index contributed by atoms with van der Waals surface area (Å²) in [6.07, 6.45) is 2.33. The van der Waals surface area contributed by atoms with Gasteiger partial charge in [0.2, 0.25) is 0 Å². The van der Waals surface area contributed by atoms with E-state index in [9.17, 15) is 0 Å². The quantitative estimate of drug-likeness (QED) is 0.563. The molecule has 14 heavy (non-hydrogen) atoms. The third kappa shape index (κ3) is 4.01. The molecule has 0 spiro atoms. The van der Waals surface area contributed by atoms with Gasteiger partial charge in [-0.05, 0) is 29.8 Å². The van der Waals surface area contributed by atoms with Gasteiger partial charge >= 0.3 is 0 Å². The van der Waals surface area contributed by atoms with Gasteiger partial charge in [0.25, 0.3) is 0 Å². The van der Waals surface area contributed by atoms with Crippen LogP contribution in [0.15, 0.2) is 0 Å². The number of thiol groups is 1. The molecule has 0 aliphatic carbocycles. The predicted molar refractivity (Wildman–Crippen MR) is 65.5 cm³/mol. The Labute approximate surface area is 96.5 Å². The Balaban J connectivity index is 2.22. The summed E-state index contributed by atoms with van der Waals surface area (Å²) in [5.74, 6) is 3.27. The second-order valence-electron chi connectivity index (χ2n) is 3.82. The Bertz CT molecular complexity index is 147. The molecule has 1 aliphatic heterocycles. The standard InChI is InChI=1S/C10H20O2S2/c1-11-6-7-14-9-10(8-13)2-4-12-5-3-10/h13H,2-9H2,1H3. The van der Waals surface area contributed by atoms with Crippen LogP contribution in [0.4, 0.5) is 0 Å². The lowest BCUT2D eigenvalue weighted by atomic mass is 9.84. The number of rotatable bonds is 6. The maximum atomic E-state index is 5.39. The Hall–Kier alpha value is 0.620. The highest BCUT2D eigenvalue weighted by Crippen LogP contribution is 2.35. The lowest BCUT2D eigenvalue weighted by Crippen LogP contribution is -2.33. The van der Waals surface area contributed by atoms with Gasteiger partial charge in [-0.3, -0.25) is 0 Å². The van der Waals surface area contributed by atoms with Crippen molar-refractivity contribution in [1.82, 2.24) is 0 Å². The van der Waals surface area contributed by atoms with Gasteiger partial charge in [-0.15, -0.1) is 0 Å². The van der Waals surface area contributed by atoms with Crippen LogP contribution in [0.5, 0.6) is 0 Å². The van der Waals surface area contributed by atoms with Crippen molar-refractivity contribution >= 4 is 24.4 Å². The van der Waals surface area contributed by atoms with Crippen molar-refractivity contribution < 1.29 is 9.47 Å². The van der Waals surface area contributed by atoms with Crippen LogP contribution in [0, 0.1) is 5.41 Å². The third-order valence-corrected chi connectivity index (χ3v) is 4.67. The van der Waals surface area contributed by atoms with Crippen molar-refractivity contribution in [3.8, 4) is 0 Å². The molecular weight excluding hydrogens is 216 g/mol. The van der Waals surface area contributed by atoms with Crippen LogP contribution < -0.4 is 0 Å². The average molecular weight is 236 g/mol. The summed E-state index contributed by atoms with van der Waals surface area (Å²) in [6, 6.07) is 0. The molecule has 1 aliphatic rings. The van der Waals surface area contributed by atoms with Gasteiger partial charge in [0.1, 0.15) is 0 Å². The Morgan fingerprint density at radius 3 is 2.71 bits per heavy atom. The van der Waals surface area contributed by atoms with E-state index in [0.717, 1.165) is 44.2 Å². The van der Waals surface area contributed by atoms with Crippen molar-refractivity contribution in [2.45, 2.75) is 12.8 Å². The van der Waals surface area contributed by atoms with E-state index in [-0.39, 0.29) is 0 Å². The second-order valence-corrected chi connectivity index (χ2v) is 5.24. The maximum Gasteiger partial charge on any atom is 0.0552 e. The minimum Gasteiger partial charge on any atom is -0.384 e. The molecule has 1 rings (SSSR count). The van der Waals surface area contributed by atoms with Crippen LogP contribution in [0.1, 0.15) is 12.8 Å². The molecule has 0 N–H and O–H groups in total. The van der Waals surface area contributed by atoms with Gasteiger partial charge in [-0.1, -0.05) is 0 Å². The zero-order valence-electron chi connectivity index (χ0n) is 8.83. The SMILES string of the molecule is COCCSCC1(CS)CCOCC1. The molecule has 0 saturated carbocycles. The monoisotopic (exact) mass is 236 g/mol. The summed E-state index contributed by atoms with van der Waals surface area (Å²) < 4.78 is 10.4. The number of methoxy groups -OCH3 is 1. The van der Waals surface area contributed by atoms with E-state index in [1.165, 1.54) is 5.75 Å². The molecule has 4 heteroatoms. The summed E-state index contributed by atoms with van der Waals surface area (Å²) in [5, 5.41) is 0. The Kier molecular flexibility index (Phi) is 6.33. The normalized spacial score (nSPS) is 21.0. The highest BCUT2D eigenvalue weighted by atomic mass is 32.2. The van der Waals surface area contributed by atoms with E-state index in [1.54, 1.807) is 7.11 Å². The molecule has 2 nitrogen and oxygen atoms in total.